The van der Waals surface area contributed by atoms with Gasteiger partial charge in [0.15, 0.2) is 0 Å². The van der Waals surface area contributed by atoms with E-state index in [1.54, 1.807) is 25.3 Å². The van der Waals surface area contributed by atoms with Crippen molar-refractivity contribution in [2.24, 2.45) is 0 Å². The number of halogens is 2. The summed E-state index contributed by atoms with van der Waals surface area (Å²) >= 11 is 12.1. The molecule has 1 aromatic carbocycles. The van der Waals surface area contributed by atoms with E-state index in [0.717, 1.165) is 11.3 Å². The lowest BCUT2D eigenvalue weighted by Gasteiger charge is -2.11. The van der Waals surface area contributed by atoms with E-state index in [2.05, 4.69) is 11.1 Å². The number of benzene rings is 1. The molecule has 0 atom stereocenters. The summed E-state index contributed by atoms with van der Waals surface area (Å²) in [6.45, 7) is 2.22. The molecule has 0 saturated heterocycles. The molecule has 2 rings (SSSR count). The predicted octanol–water partition coefficient (Wildman–Crippen LogP) is 4.38. The Bertz CT molecular complexity index is 693. The van der Waals surface area contributed by atoms with Crippen LogP contribution in [0.15, 0.2) is 24.3 Å². The van der Waals surface area contributed by atoms with E-state index in [1.165, 1.54) is 0 Å². The van der Waals surface area contributed by atoms with Gasteiger partial charge in [0.2, 0.25) is 0 Å². The van der Waals surface area contributed by atoms with Crippen LogP contribution in [0.25, 0.3) is 11.3 Å². The van der Waals surface area contributed by atoms with Gasteiger partial charge in [-0.15, -0.1) is 0 Å². The van der Waals surface area contributed by atoms with E-state index in [9.17, 15) is 5.26 Å². The Balaban J connectivity index is 2.70. The zero-order valence-corrected chi connectivity index (χ0v) is 12.6. The monoisotopic (exact) mass is 306 g/mol. The molecule has 0 spiro atoms. The standard InChI is InChI=1S/C15H12Cl2N2O/c1-9-5-10(8-20-2)13(7-18)15(19-9)12-4-3-11(16)6-14(12)17/h3-6H,8H2,1-2H3. The third-order valence-corrected chi connectivity index (χ3v) is 3.37. The van der Waals surface area contributed by atoms with Crippen LogP contribution in [0.5, 0.6) is 0 Å². The zero-order valence-electron chi connectivity index (χ0n) is 11.1. The Morgan fingerprint density at radius 2 is 2.05 bits per heavy atom. The molecule has 0 bridgehead atoms. The van der Waals surface area contributed by atoms with Crippen LogP contribution < -0.4 is 0 Å². The maximum absolute atomic E-state index is 9.41. The lowest BCUT2D eigenvalue weighted by atomic mass is 10.0. The molecule has 102 valence electrons. The number of nitriles is 1. The maximum atomic E-state index is 9.41. The third kappa shape index (κ3) is 2.94. The Morgan fingerprint density at radius 3 is 2.65 bits per heavy atom. The summed E-state index contributed by atoms with van der Waals surface area (Å²) in [6.07, 6.45) is 0. The van der Waals surface area contributed by atoms with Crippen LogP contribution in [0.3, 0.4) is 0 Å². The quantitative estimate of drug-likeness (QED) is 0.845. The van der Waals surface area contributed by atoms with Crippen LogP contribution in [0.4, 0.5) is 0 Å². The molecule has 1 aromatic heterocycles. The number of hydrogen-bond donors (Lipinski definition) is 0. The van der Waals surface area contributed by atoms with Gasteiger partial charge >= 0.3 is 0 Å². The zero-order chi connectivity index (χ0) is 14.7. The second-order valence-electron chi connectivity index (χ2n) is 4.32. The number of aromatic nitrogens is 1. The van der Waals surface area contributed by atoms with E-state index in [0.29, 0.717) is 33.5 Å². The van der Waals surface area contributed by atoms with Crippen molar-refractivity contribution < 1.29 is 4.74 Å². The van der Waals surface area contributed by atoms with Crippen LogP contribution >= 0.6 is 23.2 Å². The van der Waals surface area contributed by atoms with Crippen LogP contribution in [0.1, 0.15) is 16.8 Å². The minimum absolute atomic E-state index is 0.352. The lowest BCUT2D eigenvalue weighted by Crippen LogP contribution is -2.00. The molecule has 5 heteroatoms. The molecule has 3 nitrogen and oxygen atoms in total. The molecule has 0 saturated carbocycles. The molecule has 1 heterocycles. The van der Waals surface area contributed by atoms with Crippen molar-refractivity contribution in [2.45, 2.75) is 13.5 Å². The Hall–Kier alpha value is -1.60. The van der Waals surface area contributed by atoms with Gasteiger partial charge in [-0.05, 0) is 36.8 Å². The van der Waals surface area contributed by atoms with Gasteiger partial charge in [-0.3, -0.25) is 4.98 Å². The normalized spacial score (nSPS) is 10.3. The molecule has 0 amide bonds. The SMILES string of the molecule is COCc1cc(C)nc(-c2ccc(Cl)cc2Cl)c1C#N. The van der Waals surface area contributed by atoms with Gasteiger partial charge in [0.1, 0.15) is 6.07 Å². The fraction of sp³-hybridized carbons (Fsp3) is 0.200. The summed E-state index contributed by atoms with van der Waals surface area (Å²) in [5, 5.41) is 10.4. The highest BCUT2D eigenvalue weighted by molar-refractivity contribution is 6.36. The summed E-state index contributed by atoms with van der Waals surface area (Å²) in [5.41, 5.74) is 3.32. The van der Waals surface area contributed by atoms with Gasteiger partial charge in [0.05, 0.1) is 22.9 Å². The van der Waals surface area contributed by atoms with Crippen molar-refractivity contribution in [3.63, 3.8) is 0 Å². The number of hydrogen-bond acceptors (Lipinski definition) is 3. The minimum atomic E-state index is 0.352. The largest absolute Gasteiger partial charge is 0.380 e. The highest BCUT2D eigenvalue weighted by Crippen LogP contribution is 2.32. The first-order chi connectivity index (χ1) is 9.56. The number of rotatable bonds is 3. The van der Waals surface area contributed by atoms with Crippen LogP contribution in [-0.2, 0) is 11.3 Å². The van der Waals surface area contributed by atoms with Crippen molar-refractivity contribution >= 4 is 23.2 Å². The molecule has 0 aliphatic rings. The molecule has 0 N–H and O–H groups in total. The van der Waals surface area contributed by atoms with Gasteiger partial charge in [-0.2, -0.15) is 5.26 Å². The molecule has 0 fully saturated rings. The molecule has 0 unspecified atom stereocenters. The molecule has 0 aliphatic heterocycles. The molecule has 0 aliphatic carbocycles. The number of aryl methyl sites for hydroxylation is 1. The van der Waals surface area contributed by atoms with Crippen molar-refractivity contribution in [3.05, 3.63) is 51.1 Å². The highest BCUT2D eigenvalue weighted by atomic mass is 35.5. The van der Waals surface area contributed by atoms with Gasteiger partial charge < -0.3 is 4.74 Å². The van der Waals surface area contributed by atoms with Crippen molar-refractivity contribution in [2.75, 3.05) is 7.11 Å². The summed E-state index contributed by atoms with van der Waals surface area (Å²) in [6, 6.07) is 9.16. The molecular formula is C15H12Cl2N2O. The summed E-state index contributed by atoms with van der Waals surface area (Å²) in [4.78, 5) is 4.44. The first kappa shape index (κ1) is 14.8. The Kier molecular flexibility index (Phi) is 4.61. The third-order valence-electron chi connectivity index (χ3n) is 2.83. The van der Waals surface area contributed by atoms with Crippen molar-refractivity contribution in [3.8, 4) is 17.3 Å². The lowest BCUT2D eigenvalue weighted by molar-refractivity contribution is 0.184. The van der Waals surface area contributed by atoms with Crippen molar-refractivity contribution in [1.82, 2.24) is 4.98 Å². The van der Waals surface area contributed by atoms with Gasteiger partial charge in [-0.25, -0.2) is 0 Å². The van der Waals surface area contributed by atoms with Crippen LogP contribution in [-0.4, -0.2) is 12.1 Å². The van der Waals surface area contributed by atoms with E-state index >= 15 is 0 Å². The Labute approximate surface area is 127 Å². The highest BCUT2D eigenvalue weighted by Gasteiger charge is 2.15. The van der Waals surface area contributed by atoms with E-state index in [-0.39, 0.29) is 0 Å². The molecular weight excluding hydrogens is 295 g/mol. The average molecular weight is 307 g/mol. The Morgan fingerprint density at radius 1 is 1.30 bits per heavy atom. The van der Waals surface area contributed by atoms with Gasteiger partial charge in [0, 0.05) is 23.4 Å². The fourth-order valence-corrected chi connectivity index (χ4v) is 2.51. The van der Waals surface area contributed by atoms with Crippen molar-refractivity contribution in [1.29, 1.82) is 5.26 Å². The number of pyridine rings is 1. The van der Waals surface area contributed by atoms with Gasteiger partial charge in [0.25, 0.3) is 0 Å². The number of ether oxygens (including phenoxy) is 1. The molecule has 2 aromatic rings. The molecule has 0 radical (unpaired) electrons. The first-order valence-corrected chi connectivity index (χ1v) is 6.67. The fourth-order valence-electron chi connectivity index (χ4n) is 2.01. The summed E-state index contributed by atoms with van der Waals surface area (Å²) in [5.74, 6) is 0. The van der Waals surface area contributed by atoms with Crippen LogP contribution in [0, 0.1) is 18.3 Å². The predicted molar refractivity (Wildman–Crippen MR) is 79.9 cm³/mol. The van der Waals surface area contributed by atoms with Crippen LogP contribution in [0.2, 0.25) is 10.0 Å². The number of methoxy groups -OCH3 is 1. The molecule has 20 heavy (non-hydrogen) atoms. The summed E-state index contributed by atoms with van der Waals surface area (Å²) in [7, 11) is 1.59. The second kappa shape index (κ2) is 6.23. The smallest absolute Gasteiger partial charge is 0.102 e. The maximum Gasteiger partial charge on any atom is 0.102 e. The van der Waals surface area contributed by atoms with E-state index in [1.807, 2.05) is 13.0 Å². The average Bonchev–Trinajstić information content (AvgIpc) is 2.38. The van der Waals surface area contributed by atoms with E-state index in [4.69, 9.17) is 27.9 Å². The van der Waals surface area contributed by atoms with Gasteiger partial charge in [-0.1, -0.05) is 23.2 Å². The second-order valence-corrected chi connectivity index (χ2v) is 5.16. The first-order valence-electron chi connectivity index (χ1n) is 5.91. The van der Waals surface area contributed by atoms with E-state index < -0.39 is 0 Å². The summed E-state index contributed by atoms with van der Waals surface area (Å²) < 4.78 is 5.13. The number of nitrogens with zero attached hydrogens (tertiary/aromatic N) is 2. The topological polar surface area (TPSA) is 45.9 Å². The minimum Gasteiger partial charge on any atom is -0.380 e.